The molecule has 0 spiro atoms. The molecular formula is C10H15P. The molecule has 60 valence electrons. The molecule has 1 heterocycles. The number of hydrogen-bond acceptors (Lipinski definition) is 0. The van der Waals surface area contributed by atoms with Crippen molar-refractivity contribution in [3.05, 3.63) is 24.3 Å². The highest BCUT2D eigenvalue weighted by Gasteiger charge is 2.37. The average Bonchev–Trinajstić information content (AvgIpc) is 2.39. The van der Waals surface area contributed by atoms with Gasteiger partial charge in [-0.25, -0.2) is 0 Å². The molecule has 1 saturated heterocycles. The molecule has 2 atom stereocenters. The molecule has 2 aliphatic rings. The predicted octanol–water partition coefficient (Wildman–Crippen LogP) is 3.14. The molecule has 0 radical (unpaired) electrons. The van der Waals surface area contributed by atoms with E-state index in [9.17, 15) is 0 Å². The Morgan fingerprint density at radius 1 is 1.09 bits per heavy atom. The molecule has 0 saturated carbocycles. The molecule has 0 aromatic carbocycles. The maximum Gasteiger partial charge on any atom is 0.0161 e. The largest absolute Gasteiger partial charge is 0.0898 e. The van der Waals surface area contributed by atoms with E-state index >= 15 is 0 Å². The summed E-state index contributed by atoms with van der Waals surface area (Å²) in [6.45, 7) is 4.82. The summed E-state index contributed by atoms with van der Waals surface area (Å²) in [6.07, 6.45) is 10.6. The summed E-state index contributed by atoms with van der Waals surface area (Å²) in [6, 6.07) is 0. The van der Waals surface area contributed by atoms with Gasteiger partial charge >= 0.3 is 0 Å². The predicted molar refractivity (Wildman–Crippen MR) is 52.5 cm³/mol. The van der Waals surface area contributed by atoms with Crippen LogP contribution in [0, 0.1) is 0 Å². The normalized spacial score (nSPS) is 38.0. The maximum atomic E-state index is 2.41. The van der Waals surface area contributed by atoms with Crippen LogP contribution >= 0.6 is 7.92 Å². The van der Waals surface area contributed by atoms with Gasteiger partial charge in [-0.05, 0) is 17.7 Å². The van der Waals surface area contributed by atoms with Crippen LogP contribution in [0.5, 0.6) is 0 Å². The first-order chi connectivity index (χ1) is 5.29. The zero-order valence-corrected chi connectivity index (χ0v) is 8.09. The Balaban J connectivity index is 2.04. The first-order valence-corrected chi connectivity index (χ1v) is 5.96. The van der Waals surface area contributed by atoms with Gasteiger partial charge in [0, 0.05) is 5.66 Å². The van der Waals surface area contributed by atoms with Gasteiger partial charge in [-0.3, -0.25) is 0 Å². The second-order valence-electron chi connectivity index (χ2n) is 3.64. The molecule has 0 amide bonds. The topological polar surface area (TPSA) is 0 Å². The average molecular weight is 166 g/mol. The maximum absolute atomic E-state index is 2.41. The van der Waals surface area contributed by atoms with Gasteiger partial charge in [0.15, 0.2) is 0 Å². The quantitative estimate of drug-likeness (QED) is 0.525. The van der Waals surface area contributed by atoms with Gasteiger partial charge in [-0.1, -0.05) is 46.1 Å². The summed E-state index contributed by atoms with van der Waals surface area (Å²) in [5.74, 6) is 0. The van der Waals surface area contributed by atoms with E-state index in [1.807, 2.05) is 0 Å². The molecule has 0 aromatic heterocycles. The van der Waals surface area contributed by atoms with Crippen molar-refractivity contribution < 1.29 is 0 Å². The molecule has 1 heteroatoms. The van der Waals surface area contributed by atoms with Gasteiger partial charge in [0.25, 0.3) is 0 Å². The van der Waals surface area contributed by atoms with Crippen LogP contribution in [0.2, 0.25) is 0 Å². The molecule has 1 aliphatic heterocycles. The number of rotatable bonds is 1. The Labute approximate surface area is 70.1 Å². The van der Waals surface area contributed by atoms with Crippen molar-refractivity contribution in [1.29, 1.82) is 0 Å². The van der Waals surface area contributed by atoms with Crippen molar-refractivity contribution >= 4 is 7.92 Å². The van der Waals surface area contributed by atoms with E-state index in [1.54, 1.807) is 0 Å². The van der Waals surface area contributed by atoms with Crippen molar-refractivity contribution in [2.75, 3.05) is 0 Å². The minimum Gasteiger partial charge on any atom is -0.0898 e. The summed E-state index contributed by atoms with van der Waals surface area (Å²) in [7, 11) is 0.305. The molecule has 11 heavy (non-hydrogen) atoms. The third-order valence-electron chi connectivity index (χ3n) is 2.77. The summed E-state index contributed by atoms with van der Waals surface area (Å²) >= 11 is 0. The van der Waals surface area contributed by atoms with Crippen LogP contribution in [0.15, 0.2) is 24.3 Å². The fourth-order valence-electron chi connectivity index (χ4n) is 2.24. The lowest BCUT2D eigenvalue weighted by Crippen LogP contribution is -2.29. The molecule has 0 unspecified atom stereocenters. The van der Waals surface area contributed by atoms with E-state index in [0.717, 1.165) is 17.0 Å². The molecule has 1 aliphatic carbocycles. The van der Waals surface area contributed by atoms with Gasteiger partial charge in [0.2, 0.25) is 0 Å². The summed E-state index contributed by atoms with van der Waals surface area (Å²) < 4.78 is 0. The highest BCUT2D eigenvalue weighted by molar-refractivity contribution is 7.62. The van der Waals surface area contributed by atoms with Crippen LogP contribution in [0.1, 0.15) is 20.3 Å². The van der Waals surface area contributed by atoms with Crippen molar-refractivity contribution in [2.24, 2.45) is 0 Å². The van der Waals surface area contributed by atoms with Gasteiger partial charge in [-0.2, -0.15) is 0 Å². The van der Waals surface area contributed by atoms with Crippen molar-refractivity contribution in [1.82, 2.24) is 0 Å². The monoisotopic (exact) mass is 166 g/mol. The first kappa shape index (κ1) is 7.55. The van der Waals surface area contributed by atoms with Crippen molar-refractivity contribution in [3.8, 4) is 0 Å². The molecular weight excluding hydrogens is 151 g/mol. The van der Waals surface area contributed by atoms with Gasteiger partial charge < -0.3 is 0 Å². The zero-order valence-electron chi connectivity index (χ0n) is 7.20. The molecule has 2 rings (SSSR count). The standard InChI is InChI=1S/C10H15P/c1-8-7-9(2)11(8)10-5-3-4-6-10/h3-6,8-10H,7H2,1-2H3/t8-,9-/m0/s1. The van der Waals surface area contributed by atoms with Crippen LogP contribution in [-0.2, 0) is 0 Å². The van der Waals surface area contributed by atoms with Crippen LogP contribution in [0.3, 0.4) is 0 Å². The fraction of sp³-hybridized carbons (Fsp3) is 0.600. The minimum atomic E-state index is 0.305. The molecule has 0 aromatic rings. The van der Waals surface area contributed by atoms with Crippen LogP contribution < -0.4 is 0 Å². The second-order valence-corrected chi connectivity index (χ2v) is 6.90. The smallest absolute Gasteiger partial charge is 0.0161 e. The van der Waals surface area contributed by atoms with E-state index in [0.29, 0.717) is 7.92 Å². The zero-order chi connectivity index (χ0) is 7.84. The fourth-order valence-corrected chi connectivity index (χ4v) is 5.61. The minimum absolute atomic E-state index is 0.305. The molecule has 1 fully saturated rings. The first-order valence-electron chi connectivity index (χ1n) is 4.41. The third kappa shape index (κ3) is 1.18. The van der Waals surface area contributed by atoms with Crippen molar-refractivity contribution in [3.63, 3.8) is 0 Å². The third-order valence-corrected chi connectivity index (χ3v) is 6.26. The Hall–Kier alpha value is -0.0900. The van der Waals surface area contributed by atoms with Gasteiger partial charge in [-0.15, -0.1) is 0 Å². The van der Waals surface area contributed by atoms with Crippen LogP contribution in [-0.4, -0.2) is 17.0 Å². The van der Waals surface area contributed by atoms with E-state index in [-0.39, 0.29) is 0 Å². The molecule has 0 bridgehead atoms. The summed E-state index contributed by atoms with van der Waals surface area (Å²) in [5, 5.41) is 0. The Bertz CT molecular complexity index is 185. The highest BCUT2D eigenvalue weighted by atomic mass is 31.1. The number of hydrogen-bond donors (Lipinski definition) is 0. The number of allylic oxidation sites excluding steroid dienone is 4. The van der Waals surface area contributed by atoms with E-state index < -0.39 is 0 Å². The van der Waals surface area contributed by atoms with Crippen LogP contribution in [0.25, 0.3) is 0 Å². The highest BCUT2D eigenvalue weighted by Crippen LogP contribution is 2.63. The lowest BCUT2D eigenvalue weighted by Gasteiger charge is -2.44. The molecule has 0 N–H and O–H groups in total. The second kappa shape index (κ2) is 2.75. The lowest BCUT2D eigenvalue weighted by molar-refractivity contribution is 0.701. The van der Waals surface area contributed by atoms with E-state index in [2.05, 4.69) is 38.2 Å². The Morgan fingerprint density at radius 2 is 1.64 bits per heavy atom. The molecule has 0 nitrogen and oxygen atoms in total. The SMILES string of the molecule is C[C@H]1C[C@H](C)P1C1C=CC=C1. The van der Waals surface area contributed by atoms with E-state index in [1.165, 1.54) is 6.42 Å². The Kier molecular flexibility index (Phi) is 1.89. The van der Waals surface area contributed by atoms with E-state index in [4.69, 9.17) is 0 Å². The summed E-state index contributed by atoms with van der Waals surface area (Å²) in [5.41, 5.74) is 2.85. The lowest BCUT2D eigenvalue weighted by atomic mass is 10.2. The Morgan fingerprint density at radius 3 is 2.09 bits per heavy atom. The summed E-state index contributed by atoms with van der Waals surface area (Å²) in [4.78, 5) is 0. The van der Waals surface area contributed by atoms with Gasteiger partial charge in [0.1, 0.15) is 0 Å². The van der Waals surface area contributed by atoms with Crippen molar-refractivity contribution in [2.45, 2.75) is 37.2 Å². The van der Waals surface area contributed by atoms with Gasteiger partial charge in [0.05, 0.1) is 0 Å². The van der Waals surface area contributed by atoms with Crippen LogP contribution in [0.4, 0.5) is 0 Å².